The number of halogens is 3. The van der Waals surface area contributed by atoms with Crippen LogP contribution in [0.15, 0.2) is 79.0 Å². The van der Waals surface area contributed by atoms with Gasteiger partial charge >= 0.3 is 18.1 Å². The molecule has 0 aliphatic carbocycles. The van der Waals surface area contributed by atoms with Crippen molar-refractivity contribution in [2.24, 2.45) is 0 Å². The number of aliphatic carboxylic acids is 1. The van der Waals surface area contributed by atoms with E-state index in [9.17, 15) is 37.5 Å². The van der Waals surface area contributed by atoms with E-state index in [1.165, 1.54) is 0 Å². The third kappa shape index (κ3) is 10.2. The summed E-state index contributed by atoms with van der Waals surface area (Å²) in [5.74, 6) is -4.92. The molecule has 0 aliphatic heterocycles. The van der Waals surface area contributed by atoms with Gasteiger partial charge < -0.3 is 25.8 Å². The van der Waals surface area contributed by atoms with Crippen LogP contribution >= 0.6 is 0 Å². The lowest BCUT2D eigenvalue weighted by molar-refractivity contribution is -0.200. The molecule has 0 bridgehead atoms. The number of amides is 2. The molecule has 222 valence electrons. The van der Waals surface area contributed by atoms with Crippen molar-refractivity contribution in [3.05, 3.63) is 84.6 Å². The molecule has 0 radical (unpaired) electrons. The summed E-state index contributed by atoms with van der Waals surface area (Å²) >= 11 is 0. The Hall–Kier alpha value is -4.94. The Morgan fingerprint density at radius 1 is 0.881 bits per heavy atom. The molecule has 0 saturated carbocycles. The summed E-state index contributed by atoms with van der Waals surface area (Å²) in [6, 6.07) is 18.4. The first-order valence-corrected chi connectivity index (χ1v) is 12.9. The zero-order valence-corrected chi connectivity index (χ0v) is 22.3. The number of nitrogens with zero attached hydrogens (tertiary/aromatic N) is 1. The van der Waals surface area contributed by atoms with Crippen LogP contribution in [0.2, 0.25) is 0 Å². The topological polar surface area (TPSA) is 147 Å². The molecule has 0 aliphatic rings. The molecule has 2 aromatic carbocycles. The largest absolute Gasteiger partial charge is 0.490 e. The van der Waals surface area contributed by atoms with E-state index in [0.717, 1.165) is 11.1 Å². The standard InChI is InChI=1S/C29H29F3N4O6/c30-29(31,32)28(41)42-18-23(35-25(37)10-6-16-34-24-9-4-5-15-33-24)27(40)36-22(17-26(38)39)21-13-11-20(12-14-21)19-7-2-1-3-8-19/h1-5,7-9,11-15,22-23H,6,10,16-18H2,(H,33,34)(H,35,37)(H,36,40)(H,38,39)/t22?,23-/m1/s1. The minimum atomic E-state index is -5.31. The normalized spacial score (nSPS) is 12.5. The Labute approximate surface area is 239 Å². The van der Waals surface area contributed by atoms with Crippen molar-refractivity contribution in [1.82, 2.24) is 15.6 Å². The molecule has 1 aromatic heterocycles. The van der Waals surface area contributed by atoms with Crippen LogP contribution in [0.3, 0.4) is 0 Å². The number of hydrogen-bond donors (Lipinski definition) is 4. The number of carboxylic acid groups (broad SMARTS) is 1. The minimum absolute atomic E-state index is 0.115. The summed E-state index contributed by atoms with van der Waals surface area (Å²) in [6.45, 7) is -0.779. The van der Waals surface area contributed by atoms with Crippen molar-refractivity contribution < 1.29 is 42.2 Å². The van der Waals surface area contributed by atoms with Gasteiger partial charge in [-0.15, -0.1) is 0 Å². The second-order valence-electron chi connectivity index (χ2n) is 9.11. The number of anilines is 1. The van der Waals surface area contributed by atoms with Gasteiger partial charge in [-0.1, -0.05) is 60.7 Å². The fourth-order valence-corrected chi connectivity index (χ4v) is 3.86. The highest BCUT2D eigenvalue weighted by Gasteiger charge is 2.41. The number of hydrogen-bond acceptors (Lipinski definition) is 7. The molecular weight excluding hydrogens is 557 g/mol. The van der Waals surface area contributed by atoms with Crippen molar-refractivity contribution >= 4 is 29.6 Å². The molecule has 0 spiro atoms. The van der Waals surface area contributed by atoms with Crippen LogP contribution in [-0.4, -0.2) is 59.2 Å². The molecule has 4 N–H and O–H groups in total. The van der Waals surface area contributed by atoms with Crippen LogP contribution in [0.1, 0.15) is 30.9 Å². The lowest BCUT2D eigenvalue weighted by Crippen LogP contribution is -2.51. The molecule has 2 amide bonds. The fraction of sp³-hybridized carbons (Fsp3) is 0.276. The average molecular weight is 587 g/mol. The molecule has 1 unspecified atom stereocenters. The smallest absolute Gasteiger partial charge is 0.481 e. The molecule has 3 rings (SSSR count). The van der Waals surface area contributed by atoms with E-state index in [1.54, 1.807) is 48.7 Å². The van der Waals surface area contributed by atoms with Crippen LogP contribution < -0.4 is 16.0 Å². The van der Waals surface area contributed by atoms with Gasteiger partial charge in [-0.3, -0.25) is 14.4 Å². The van der Waals surface area contributed by atoms with Crippen LogP contribution in [-0.2, 0) is 23.9 Å². The summed E-state index contributed by atoms with van der Waals surface area (Å²) in [4.78, 5) is 52.5. The van der Waals surface area contributed by atoms with E-state index in [4.69, 9.17) is 0 Å². The second-order valence-corrected chi connectivity index (χ2v) is 9.11. The second kappa shape index (κ2) is 15.2. The molecule has 1 heterocycles. The number of carbonyl (C=O) groups is 4. The summed E-state index contributed by atoms with van der Waals surface area (Å²) in [5, 5.41) is 17.1. The van der Waals surface area contributed by atoms with E-state index in [-0.39, 0.29) is 12.8 Å². The summed E-state index contributed by atoms with van der Waals surface area (Å²) in [6.07, 6.45) is -4.12. The molecule has 13 heteroatoms. The number of esters is 1. The van der Waals surface area contributed by atoms with Crippen molar-refractivity contribution in [2.45, 2.75) is 37.5 Å². The highest BCUT2D eigenvalue weighted by molar-refractivity contribution is 5.88. The fourth-order valence-electron chi connectivity index (χ4n) is 3.86. The predicted octanol–water partition coefficient (Wildman–Crippen LogP) is 3.86. The molecule has 0 saturated heterocycles. The third-order valence-corrected chi connectivity index (χ3v) is 5.93. The first-order chi connectivity index (χ1) is 20.0. The Bertz CT molecular complexity index is 1340. The van der Waals surface area contributed by atoms with E-state index >= 15 is 0 Å². The van der Waals surface area contributed by atoms with Crippen LogP contribution in [0.5, 0.6) is 0 Å². The number of carbonyl (C=O) groups excluding carboxylic acids is 3. The zero-order chi connectivity index (χ0) is 30.5. The third-order valence-electron chi connectivity index (χ3n) is 5.93. The van der Waals surface area contributed by atoms with E-state index in [0.29, 0.717) is 17.9 Å². The van der Waals surface area contributed by atoms with Gasteiger partial charge in [-0.05, 0) is 35.2 Å². The average Bonchev–Trinajstić information content (AvgIpc) is 2.97. The van der Waals surface area contributed by atoms with Gasteiger partial charge in [0.15, 0.2) is 0 Å². The van der Waals surface area contributed by atoms with Crippen LogP contribution in [0.25, 0.3) is 11.1 Å². The first kappa shape index (κ1) is 31.6. The number of ether oxygens (including phenoxy) is 1. The van der Waals surface area contributed by atoms with Gasteiger partial charge in [0.25, 0.3) is 0 Å². The number of alkyl halides is 3. The lowest BCUT2D eigenvalue weighted by Gasteiger charge is -2.23. The maximum Gasteiger partial charge on any atom is 0.490 e. The number of pyridine rings is 1. The molecule has 3 aromatic rings. The molecule has 10 nitrogen and oxygen atoms in total. The van der Waals surface area contributed by atoms with Crippen molar-refractivity contribution in [3.63, 3.8) is 0 Å². The predicted molar refractivity (Wildman–Crippen MR) is 146 cm³/mol. The van der Waals surface area contributed by atoms with Gasteiger partial charge in [-0.25, -0.2) is 9.78 Å². The monoisotopic (exact) mass is 586 g/mol. The highest BCUT2D eigenvalue weighted by atomic mass is 19.4. The van der Waals surface area contributed by atoms with E-state index < -0.39 is 55.0 Å². The van der Waals surface area contributed by atoms with Gasteiger partial charge in [0.2, 0.25) is 11.8 Å². The summed E-state index contributed by atoms with van der Waals surface area (Å²) < 4.78 is 42.3. The minimum Gasteiger partial charge on any atom is -0.481 e. The maximum atomic E-state index is 13.1. The highest BCUT2D eigenvalue weighted by Crippen LogP contribution is 2.24. The van der Waals surface area contributed by atoms with Crippen LogP contribution in [0.4, 0.5) is 19.0 Å². The van der Waals surface area contributed by atoms with Gasteiger partial charge in [0, 0.05) is 19.2 Å². The maximum absolute atomic E-state index is 13.1. The quantitative estimate of drug-likeness (QED) is 0.165. The number of rotatable bonds is 14. The number of nitrogens with one attached hydrogen (secondary N) is 3. The van der Waals surface area contributed by atoms with Crippen molar-refractivity contribution in [3.8, 4) is 11.1 Å². The SMILES string of the molecule is O=C(O)CC(NC(=O)[C@@H](COC(=O)C(F)(F)F)NC(=O)CCCNc1ccccn1)c1ccc(-c2ccccc2)cc1. The van der Waals surface area contributed by atoms with Crippen molar-refractivity contribution in [2.75, 3.05) is 18.5 Å². The van der Waals surface area contributed by atoms with Gasteiger partial charge in [0.1, 0.15) is 18.5 Å². The van der Waals surface area contributed by atoms with E-state index in [1.807, 2.05) is 30.3 Å². The number of benzene rings is 2. The van der Waals surface area contributed by atoms with Gasteiger partial charge in [0.05, 0.1) is 12.5 Å². The number of aromatic nitrogens is 1. The van der Waals surface area contributed by atoms with Gasteiger partial charge in [-0.2, -0.15) is 13.2 Å². The summed E-state index contributed by atoms with van der Waals surface area (Å²) in [7, 11) is 0. The Balaban J connectivity index is 1.68. The molecule has 42 heavy (non-hydrogen) atoms. The Morgan fingerprint density at radius 2 is 1.55 bits per heavy atom. The first-order valence-electron chi connectivity index (χ1n) is 12.9. The molecule has 2 atom stereocenters. The lowest BCUT2D eigenvalue weighted by atomic mass is 9.99. The van der Waals surface area contributed by atoms with E-state index in [2.05, 4.69) is 25.7 Å². The Kier molecular flexibility index (Phi) is 11.4. The van der Waals surface area contributed by atoms with Crippen molar-refractivity contribution in [1.29, 1.82) is 0 Å². The number of carboxylic acids is 1. The molecule has 0 fully saturated rings. The molecular formula is C29H29F3N4O6. The van der Waals surface area contributed by atoms with Crippen LogP contribution in [0, 0.1) is 0 Å². The zero-order valence-electron chi connectivity index (χ0n) is 22.3. The Morgan fingerprint density at radius 3 is 2.17 bits per heavy atom. The summed E-state index contributed by atoms with van der Waals surface area (Å²) in [5.41, 5.74) is 2.15.